The topological polar surface area (TPSA) is 60.2 Å². The van der Waals surface area contributed by atoms with Crippen molar-refractivity contribution in [2.75, 3.05) is 0 Å². The lowest BCUT2D eigenvalue weighted by atomic mass is 9.74. The van der Waals surface area contributed by atoms with Crippen LogP contribution in [0.4, 0.5) is 4.79 Å². The van der Waals surface area contributed by atoms with Crippen molar-refractivity contribution in [3.05, 3.63) is 16.0 Å². The smallest absolute Gasteiger partial charge is 0.282 e. The molecule has 0 saturated carbocycles. The number of ketones is 1. The molecule has 1 aromatic heterocycles. The van der Waals surface area contributed by atoms with E-state index in [-0.39, 0.29) is 11.2 Å². The first kappa shape index (κ1) is 14.6. The molecular weight excluding hydrogens is 278 g/mol. The first-order valence-corrected chi connectivity index (χ1v) is 8.00. The van der Waals surface area contributed by atoms with E-state index < -0.39 is 5.24 Å². The predicted molar refractivity (Wildman–Crippen MR) is 80.3 cm³/mol. The summed E-state index contributed by atoms with van der Waals surface area (Å²) in [5.74, 6) is 0.508. The van der Waals surface area contributed by atoms with Gasteiger partial charge < -0.3 is 5.73 Å². The minimum Gasteiger partial charge on any atom is -0.360 e. The highest BCUT2D eigenvalue weighted by Gasteiger charge is 2.36. The zero-order valence-electron chi connectivity index (χ0n) is 11.7. The number of carbonyl (C=O) groups is 2. The molecule has 0 aliphatic heterocycles. The van der Waals surface area contributed by atoms with E-state index in [4.69, 9.17) is 5.73 Å². The predicted octanol–water partition coefficient (Wildman–Crippen LogP) is 4.20. The van der Waals surface area contributed by atoms with E-state index in [1.807, 2.05) is 0 Å². The van der Waals surface area contributed by atoms with Crippen molar-refractivity contribution in [1.82, 2.24) is 0 Å². The summed E-state index contributed by atoms with van der Waals surface area (Å²) in [7, 11) is 0. The van der Waals surface area contributed by atoms with Crippen LogP contribution in [0.1, 0.15) is 60.8 Å². The van der Waals surface area contributed by atoms with Gasteiger partial charge in [0, 0.05) is 16.9 Å². The standard InChI is InChI=1S/C14H19NO2S2/c1-7(2)11-10-8(12(18-11)19-13(15)17)5-14(3,4)6-9(10)16/h7H,5-6H2,1-4H3,(H2,15,17). The molecule has 1 aromatic rings. The third-order valence-corrected chi connectivity index (χ3v) is 5.75. The Morgan fingerprint density at radius 1 is 1.37 bits per heavy atom. The molecule has 0 fully saturated rings. The van der Waals surface area contributed by atoms with Crippen molar-refractivity contribution in [3.63, 3.8) is 0 Å². The molecule has 0 unspecified atom stereocenters. The molecule has 0 saturated heterocycles. The highest BCUT2D eigenvalue weighted by Crippen LogP contribution is 2.47. The van der Waals surface area contributed by atoms with E-state index in [2.05, 4.69) is 27.7 Å². The van der Waals surface area contributed by atoms with Crippen LogP contribution < -0.4 is 5.73 Å². The second-order valence-corrected chi connectivity index (χ2v) is 8.45. The van der Waals surface area contributed by atoms with Crippen molar-refractivity contribution < 1.29 is 9.59 Å². The van der Waals surface area contributed by atoms with Gasteiger partial charge in [-0.25, -0.2) is 0 Å². The molecule has 0 radical (unpaired) electrons. The van der Waals surface area contributed by atoms with Crippen LogP contribution in [0.25, 0.3) is 0 Å². The molecule has 1 heterocycles. The largest absolute Gasteiger partial charge is 0.360 e. The zero-order chi connectivity index (χ0) is 14.4. The summed E-state index contributed by atoms with van der Waals surface area (Å²) in [5, 5.41) is -0.407. The number of Topliss-reactive ketones (excluding diaryl/α,β-unsaturated/α-hetero) is 1. The first-order chi connectivity index (χ1) is 8.71. The Kier molecular flexibility index (Phi) is 3.80. The van der Waals surface area contributed by atoms with Gasteiger partial charge in [0.15, 0.2) is 5.78 Å². The average Bonchev–Trinajstić information content (AvgIpc) is 2.54. The number of nitrogens with two attached hydrogens (primary N) is 1. The lowest BCUT2D eigenvalue weighted by molar-refractivity contribution is 0.0911. The summed E-state index contributed by atoms with van der Waals surface area (Å²) in [5.41, 5.74) is 7.16. The molecule has 0 aromatic carbocycles. The summed E-state index contributed by atoms with van der Waals surface area (Å²) >= 11 is 2.62. The molecule has 0 atom stereocenters. The Bertz CT molecular complexity index is 544. The Morgan fingerprint density at radius 2 is 2.00 bits per heavy atom. The Labute approximate surface area is 122 Å². The van der Waals surface area contributed by atoms with Crippen LogP contribution in [-0.2, 0) is 6.42 Å². The number of hydrogen-bond donors (Lipinski definition) is 1. The lowest BCUT2D eigenvalue weighted by Gasteiger charge is -2.29. The van der Waals surface area contributed by atoms with Gasteiger partial charge in [-0.1, -0.05) is 27.7 Å². The third-order valence-electron chi connectivity index (χ3n) is 3.29. The Morgan fingerprint density at radius 3 is 2.53 bits per heavy atom. The highest BCUT2D eigenvalue weighted by molar-refractivity contribution is 8.15. The molecule has 0 bridgehead atoms. The maximum absolute atomic E-state index is 12.4. The van der Waals surface area contributed by atoms with E-state index in [0.717, 1.165) is 38.4 Å². The number of thiophene rings is 1. The van der Waals surface area contributed by atoms with Gasteiger partial charge in [-0.15, -0.1) is 11.3 Å². The van der Waals surface area contributed by atoms with Gasteiger partial charge in [-0.2, -0.15) is 0 Å². The minimum atomic E-state index is -0.407. The van der Waals surface area contributed by atoms with Crippen LogP contribution >= 0.6 is 23.1 Å². The molecule has 1 amide bonds. The molecule has 19 heavy (non-hydrogen) atoms. The van der Waals surface area contributed by atoms with E-state index in [1.54, 1.807) is 11.3 Å². The number of fused-ring (bicyclic) bond motifs is 1. The van der Waals surface area contributed by atoms with E-state index in [1.165, 1.54) is 0 Å². The number of thioether (sulfide) groups is 1. The van der Waals surface area contributed by atoms with Crippen molar-refractivity contribution in [2.45, 2.75) is 50.7 Å². The summed E-state index contributed by atoms with van der Waals surface area (Å²) in [6.45, 7) is 8.36. The van der Waals surface area contributed by atoms with Gasteiger partial charge >= 0.3 is 0 Å². The van der Waals surface area contributed by atoms with Crippen molar-refractivity contribution in [1.29, 1.82) is 0 Å². The Balaban J connectivity index is 2.57. The normalized spacial score (nSPS) is 17.6. The Hall–Kier alpha value is -0.810. The quantitative estimate of drug-likeness (QED) is 0.832. The van der Waals surface area contributed by atoms with Crippen LogP contribution in [0, 0.1) is 5.41 Å². The number of carbonyl (C=O) groups excluding carboxylic acids is 2. The number of primary amides is 1. The lowest BCUT2D eigenvalue weighted by Crippen LogP contribution is -2.27. The van der Waals surface area contributed by atoms with Gasteiger partial charge in [0.1, 0.15) is 0 Å². The molecule has 104 valence electrons. The molecule has 2 N–H and O–H groups in total. The zero-order valence-corrected chi connectivity index (χ0v) is 13.3. The first-order valence-electron chi connectivity index (χ1n) is 6.37. The van der Waals surface area contributed by atoms with E-state index in [0.29, 0.717) is 12.3 Å². The van der Waals surface area contributed by atoms with Crippen LogP contribution in [0.3, 0.4) is 0 Å². The fourth-order valence-electron chi connectivity index (χ4n) is 2.57. The van der Waals surface area contributed by atoms with Crippen LogP contribution in [-0.4, -0.2) is 11.0 Å². The average molecular weight is 297 g/mol. The molecule has 1 aliphatic carbocycles. The second kappa shape index (κ2) is 4.94. The second-order valence-electron chi connectivity index (χ2n) is 6.12. The SMILES string of the molecule is CC(C)c1sc(SC(N)=O)c2c1C(=O)CC(C)(C)C2. The van der Waals surface area contributed by atoms with Crippen molar-refractivity contribution >= 4 is 34.1 Å². The van der Waals surface area contributed by atoms with E-state index >= 15 is 0 Å². The fourth-order valence-corrected chi connectivity index (χ4v) is 4.81. The van der Waals surface area contributed by atoms with E-state index in [9.17, 15) is 9.59 Å². The molecule has 3 nitrogen and oxygen atoms in total. The van der Waals surface area contributed by atoms with Gasteiger partial charge in [0.25, 0.3) is 5.24 Å². The molecule has 2 rings (SSSR count). The van der Waals surface area contributed by atoms with Crippen LogP contribution in [0.15, 0.2) is 4.21 Å². The summed E-state index contributed by atoms with van der Waals surface area (Å²) < 4.78 is 0.910. The van der Waals surface area contributed by atoms with Gasteiger partial charge in [0.05, 0.1) is 4.21 Å². The highest BCUT2D eigenvalue weighted by atomic mass is 32.2. The van der Waals surface area contributed by atoms with Crippen molar-refractivity contribution in [3.8, 4) is 0 Å². The van der Waals surface area contributed by atoms with Gasteiger partial charge in [-0.05, 0) is 35.1 Å². The monoisotopic (exact) mass is 297 g/mol. The molecule has 5 heteroatoms. The van der Waals surface area contributed by atoms with Gasteiger partial charge in [0.2, 0.25) is 0 Å². The molecule has 1 aliphatic rings. The molecular formula is C14H19NO2S2. The van der Waals surface area contributed by atoms with Crippen LogP contribution in [0.2, 0.25) is 0 Å². The van der Waals surface area contributed by atoms with Crippen LogP contribution in [0.5, 0.6) is 0 Å². The number of hydrogen-bond acceptors (Lipinski definition) is 4. The number of amides is 1. The fraction of sp³-hybridized carbons (Fsp3) is 0.571. The maximum Gasteiger partial charge on any atom is 0.282 e. The van der Waals surface area contributed by atoms with Crippen molar-refractivity contribution in [2.24, 2.45) is 11.1 Å². The minimum absolute atomic E-state index is 0.0354. The number of rotatable bonds is 2. The maximum atomic E-state index is 12.4. The third kappa shape index (κ3) is 2.87. The molecule has 0 spiro atoms. The summed E-state index contributed by atoms with van der Waals surface area (Å²) in [6, 6.07) is 0. The summed E-state index contributed by atoms with van der Waals surface area (Å²) in [4.78, 5) is 24.7. The summed E-state index contributed by atoms with van der Waals surface area (Å²) in [6.07, 6.45) is 1.42. The van der Waals surface area contributed by atoms with Gasteiger partial charge in [-0.3, -0.25) is 9.59 Å².